The van der Waals surface area contributed by atoms with E-state index >= 15 is 0 Å². The van der Waals surface area contributed by atoms with Crippen molar-refractivity contribution in [2.45, 2.75) is 37.3 Å². The van der Waals surface area contributed by atoms with Gasteiger partial charge in [0.2, 0.25) is 0 Å². The van der Waals surface area contributed by atoms with Gasteiger partial charge in [-0.2, -0.15) is 0 Å². The number of rotatable bonds is 3. The van der Waals surface area contributed by atoms with Crippen LogP contribution < -0.4 is 10.5 Å². The molecule has 2 unspecified atom stereocenters. The largest absolute Gasteiger partial charge is 0.490 e. The molecule has 1 fully saturated rings. The third-order valence-corrected chi connectivity index (χ3v) is 4.91. The molecule has 0 aliphatic heterocycles. The molecule has 2 atom stereocenters. The zero-order valence-electron chi connectivity index (χ0n) is 10.9. The Bertz CT molecular complexity index is 534. The van der Waals surface area contributed by atoms with Crippen LogP contribution in [0.15, 0.2) is 29.2 Å². The van der Waals surface area contributed by atoms with Gasteiger partial charge in [-0.1, -0.05) is 13.8 Å². The van der Waals surface area contributed by atoms with Crippen LogP contribution in [-0.4, -0.2) is 26.8 Å². The standard InChI is InChI=1S/C13H19NO3S/c1-13(2)11(14)8-12(13)17-9-4-6-10(7-5-9)18(3,15)16/h4-7,11-12H,8,14H2,1-3H3. The number of nitrogens with two attached hydrogens (primary N) is 1. The van der Waals surface area contributed by atoms with E-state index in [1.807, 2.05) is 0 Å². The van der Waals surface area contributed by atoms with Crippen LogP contribution in [0.1, 0.15) is 20.3 Å². The van der Waals surface area contributed by atoms with Crippen LogP contribution >= 0.6 is 0 Å². The summed E-state index contributed by atoms with van der Waals surface area (Å²) in [7, 11) is -3.15. The van der Waals surface area contributed by atoms with Gasteiger partial charge in [-0.05, 0) is 24.3 Å². The summed E-state index contributed by atoms with van der Waals surface area (Å²) >= 11 is 0. The molecule has 2 N–H and O–H groups in total. The fourth-order valence-corrected chi connectivity index (χ4v) is 2.68. The molecular formula is C13H19NO3S. The maximum Gasteiger partial charge on any atom is 0.175 e. The summed E-state index contributed by atoms with van der Waals surface area (Å²) in [5.41, 5.74) is 5.89. The lowest BCUT2D eigenvalue weighted by molar-refractivity contribution is -0.0400. The predicted molar refractivity (Wildman–Crippen MR) is 70.3 cm³/mol. The van der Waals surface area contributed by atoms with Gasteiger partial charge in [-0.25, -0.2) is 8.42 Å². The minimum Gasteiger partial charge on any atom is -0.490 e. The molecule has 0 heterocycles. The number of hydrogen-bond acceptors (Lipinski definition) is 4. The van der Waals surface area contributed by atoms with E-state index in [0.29, 0.717) is 10.6 Å². The second-order valence-electron chi connectivity index (χ2n) is 5.51. The lowest BCUT2D eigenvalue weighted by Gasteiger charge is -2.49. The minimum atomic E-state index is -3.15. The quantitative estimate of drug-likeness (QED) is 0.904. The summed E-state index contributed by atoms with van der Waals surface area (Å²) in [6, 6.07) is 6.68. The Kier molecular flexibility index (Phi) is 3.15. The summed E-state index contributed by atoms with van der Waals surface area (Å²) in [5, 5.41) is 0. The molecular weight excluding hydrogens is 250 g/mol. The van der Waals surface area contributed by atoms with Crippen molar-refractivity contribution in [3.8, 4) is 5.75 Å². The van der Waals surface area contributed by atoms with Gasteiger partial charge in [0.05, 0.1) is 4.90 Å². The van der Waals surface area contributed by atoms with E-state index < -0.39 is 9.84 Å². The van der Waals surface area contributed by atoms with Crippen LogP contribution in [0.2, 0.25) is 0 Å². The van der Waals surface area contributed by atoms with Gasteiger partial charge >= 0.3 is 0 Å². The highest BCUT2D eigenvalue weighted by Crippen LogP contribution is 2.41. The zero-order chi connectivity index (χ0) is 13.6. The number of ether oxygens (including phenoxy) is 1. The summed E-state index contributed by atoms with van der Waals surface area (Å²) in [5.74, 6) is 0.687. The predicted octanol–water partition coefficient (Wildman–Crippen LogP) is 1.59. The van der Waals surface area contributed by atoms with Gasteiger partial charge in [-0.3, -0.25) is 0 Å². The molecule has 1 aromatic rings. The number of hydrogen-bond donors (Lipinski definition) is 1. The van der Waals surface area contributed by atoms with Crippen LogP contribution in [-0.2, 0) is 9.84 Å². The topological polar surface area (TPSA) is 69.4 Å². The van der Waals surface area contributed by atoms with Gasteiger partial charge in [0, 0.05) is 24.1 Å². The SMILES string of the molecule is CC1(C)C(N)CC1Oc1ccc(S(C)(=O)=O)cc1. The highest BCUT2D eigenvalue weighted by atomic mass is 32.2. The van der Waals surface area contributed by atoms with E-state index in [1.54, 1.807) is 24.3 Å². The maximum absolute atomic E-state index is 11.3. The smallest absolute Gasteiger partial charge is 0.175 e. The first-order chi connectivity index (χ1) is 8.21. The van der Waals surface area contributed by atoms with Crippen LogP contribution in [0.4, 0.5) is 0 Å². The lowest BCUT2D eigenvalue weighted by atomic mass is 9.65. The Morgan fingerprint density at radius 3 is 2.22 bits per heavy atom. The molecule has 1 saturated carbocycles. The fraction of sp³-hybridized carbons (Fsp3) is 0.538. The molecule has 100 valence electrons. The van der Waals surface area contributed by atoms with Crippen LogP contribution in [0.25, 0.3) is 0 Å². The molecule has 4 nitrogen and oxygen atoms in total. The first-order valence-electron chi connectivity index (χ1n) is 5.93. The van der Waals surface area contributed by atoms with Gasteiger partial charge in [0.1, 0.15) is 11.9 Å². The van der Waals surface area contributed by atoms with Crippen LogP contribution in [0.5, 0.6) is 5.75 Å². The van der Waals surface area contributed by atoms with E-state index in [1.165, 1.54) is 6.26 Å². The van der Waals surface area contributed by atoms with Gasteiger partial charge < -0.3 is 10.5 Å². The summed E-state index contributed by atoms with van der Waals surface area (Å²) < 4.78 is 28.5. The van der Waals surface area contributed by atoms with E-state index in [0.717, 1.165) is 6.42 Å². The number of benzene rings is 1. The van der Waals surface area contributed by atoms with E-state index in [-0.39, 0.29) is 17.6 Å². The van der Waals surface area contributed by atoms with E-state index in [4.69, 9.17) is 10.5 Å². The van der Waals surface area contributed by atoms with Crippen molar-refractivity contribution in [3.05, 3.63) is 24.3 Å². The minimum absolute atomic E-state index is 0.0322. The highest BCUT2D eigenvalue weighted by Gasteiger charge is 2.47. The maximum atomic E-state index is 11.3. The first-order valence-corrected chi connectivity index (χ1v) is 7.83. The summed E-state index contributed by atoms with van der Waals surface area (Å²) in [6.07, 6.45) is 2.12. The molecule has 1 aliphatic carbocycles. The number of sulfone groups is 1. The Labute approximate surface area is 108 Å². The van der Waals surface area contributed by atoms with Gasteiger partial charge in [0.25, 0.3) is 0 Å². The van der Waals surface area contributed by atoms with Gasteiger partial charge in [-0.15, -0.1) is 0 Å². The third-order valence-electron chi connectivity index (χ3n) is 3.78. The molecule has 0 radical (unpaired) electrons. The van der Waals surface area contributed by atoms with Crippen LogP contribution in [0, 0.1) is 5.41 Å². The Morgan fingerprint density at radius 2 is 1.83 bits per heavy atom. The first kappa shape index (κ1) is 13.4. The molecule has 0 bridgehead atoms. The average Bonchev–Trinajstić information content (AvgIpc) is 2.28. The Hall–Kier alpha value is -1.07. The van der Waals surface area contributed by atoms with Crippen molar-refractivity contribution in [3.63, 3.8) is 0 Å². The summed E-state index contributed by atoms with van der Waals surface area (Å²) in [6.45, 7) is 4.16. The Morgan fingerprint density at radius 1 is 1.28 bits per heavy atom. The molecule has 0 spiro atoms. The molecule has 0 amide bonds. The van der Waals surface area contributed by atoms with Crippen molar-refractivity contribution in [1.29, 1.82) is 0 Å². The zero-order valence-corrected chi connectivity index (χ0v) is 11.7. The molecule has 2 rings (SSSR count). The summed E-state index contributed by atoms with van der Waals surface area (Å²) in [4.78, 5) is 0.305. The highest BCUT2D eigenvalue weighted by molar-refractivity contribution is 7.90. The van der Waals surface area contributed by atoms with E-state index in [2.05, 4.69) is 13.8 Å². The van der Waals surface area contributed by atoms with Crippen molar-refractivity contribution in [2.24, 2.45) is 11.1 Å². The van der Waals surface area contributed by atoms with Crippen molar-refractivity contribution < 1.29 is 13.2 Å². The van der Waals surface area contributed by atoms with E-state index in [9.17, 15) is 8.42 Å². The lowest BCUT2D eigenvalue weighted by Crippen LogP contribution is -2.60. The molecule has 1 aromatic carbocycles. The third kappa shape index (κ3) is 2.37. The van der Waals surface area contributed by atoms with Crippen molar-refractivity contribution in [1.82, 2.24) is 0 Å². The fourth-order valence-electron chi connectivity index (χ4n) is 2.05. The average molecular weight is 269 g/mol. The molecule has 18 heavy (non-hydrogen) atoms. The Balaban J connectivity index is 2.09. The van der Waals surface area contributed by atoms with Gasteiger partial charge in [0.15, 0.2) is 9.84 Å². The normalized spacial score (nSPS) is 26.4. The molecule has 0 saturated heterocycles. The van der Waals surface area contributed by atoms with Crippen molar-refractivity contribution >= 4 is 9.84 Å². The molecule has 0 aromatic heterocycles. The second kappa shape index (κ2) is 4.24. The van der Waals surface area contributed by atoms with Crippen LogP contribution in [0.3, 0.4) is 0 Å². The molecule has 5 heteroatoms. The second-order valence-corrected chi connectivity index (χ2v) is 7.53. The monoisotopic (exact) mass is 269 g/mol. The van der Waals surface area contributed by atoms with Crippen molar-refractivity contribution in [2.75, 3.05) is 6.26 Å². The molecule has 1 aliphatic rings.